The van der Waals surface area contributed by atoms with Crippen LogP contribution in [0.4, 0.5) is 5.69 Å². The van der Waals surface area contributed by atoms with Crippen molar-refractivity contribution >= 4 is 5.69 Å². The van der Waals surface area contributed by atoms with Gasteiger partial charge < -0.3 is 4.90 Å². The van der Waals surface area contributed by atoms with Crippen LogP contribution >= 0.6 is 0 Å². The highest BCUT2D eigenvalue weighted by atomic mass is 15.3. The van der Waals surface area contributed by atoms with Gasteiger partial charge >= 0.3 is 0 Å². The lowest BCUT2D eigenvalue weighted by Crippen LogP contribution is -2.56. The molecule has 1 unspecified atom stereocenters. The fraction of sp³-hybridized carbons (Fsp3) is 0.739. The van der Waals surface area contributed by atoms with Crippen LogP contribution in [0.1, 0.15) is 57.8 Å². The molecular formula is C23H37N3. The Morgan fingerprint density at radius 1 is 0.577 bits per heavy atom. The number of hydrogen-bond donors (Lipinski definition) is 0. The Morgan fingerprint density at radius 3 is 1.96 bits per heavy atom. The van der Waals surface area contributed by atoms with Crippen molar-refractivity contribution in [3.05, 3.63) is 30.3 Å². The molecule has 1 aliphatic carbocycles. The predicted octanol–water partition coefficient (Wildman–Crippen LogP) is 4.39. The molecule has 1 aromatic rings. The summed E-state index contributed by atoms with van der Waals surface area (Å²) in [5, 5.41) is 0. The highest BCUT2D eigenvalue weighted by molar-refractivity contribution is 5.46. The Balaban J connectivity index is 1.29. The van der Waals surface area contributed by atoms with E-state index in [9.17, 15) is 0 Å². The smallest absolute Gasteiger partial charge is 0.0367 e. The van der Waals surface area contributed by atoms with E-state index in [1.54, 1.807) is 0 Å². The van der Waals surface area contributed by atoms with E-state index in [1.807, 2.05) is 0 Å². The molecule has 2 aliphatic heterocycles. The van der Waals surface area contributed by atoms with Gasteiger partial charge in [-0.15, -0.1) is 0 Å². The van der Waals surface area contributed by atoms with E-state index in [0.717, 1.165) is 12.1 Å². The molecule has 3 nitrogen and oxygen atoms in total. The van der Waals surface area contributed by atoms with Gasteiger partial charge in [-0.2, -0.15) is 0 Å². The maximum Gasteiger partial charge on any atom is 0.0367 e. The number of anilines is 1. The average molecular weight is 356 g/mol. The number of hydrogen-bond acceptors (Lipinski definition) is 3. The van der Waals surface area contributed by atoms with Gasteiger partial charge in [-0.1, -0.05) is 50.3 Å². The molecule has 0 radical (unpaired) electrons. The van der Waals surface area contributed by atoms with Gasteiger partial charge in [-0.05, 0) is 44.4 Å². The predicted molar refractivity (Wildman–Crippen MR) is 111 cm³/mol. The SMILES string of the molecule is c1ccc(N2CCN(C3CCCN(C4CCCCCCC4)C3)CC2)cc1. The fourth-order valence-corrected chi connectivity index (χ4v) is 5.40. The number of piperazine rings is 1. The van der Waals surface area contributed by atoms with Gasteiger partial charge in [-0.25, -0.2) is 0 Å². The van der Waals surface area contributed by atoms with Crippen molar-refractivity contribution in [1.82, 2.24) is 9.80 Å². The Kier molecular flexibility index (Phi) is 6.50. The van der Waals surface area contributed by atoms with E-state index in [2.05, 4.69) is 45.0 Å². The lowest BCUT2D eigenvalue weighted by molar-refractivity contribution is 0.0588. The third-order valence-electron chi connectivity index (χ3n) is 6.97. The van der Waals surface area contributed by atoms with Crippen molar-refractivity contribution in [2.45, 2.75) is 69.9 Å². The number of likely N-dealkylation sites (tertiary alicyclic amines) is 1. The normalized spacial score (nSPS) is 27.8. The number of nitrogens with zero attached hydrogens (tertiary/aromatic N) is 3. The van der Waals surface area contributed by atoms with E-state index >= 15 is 0 Å². The summed E-state index contributed by atoms with van der Waals surface area (Å²) < 4.78 is 0. The van der Waals surface area contributed by atoms with Crippen LogP contribution in [-0.2, 0) is 0 Å². The van der Waals surface area contributed by atoms with Crippen LogP contribution in [0, 0.1) is 0 Å². The van der Waals surface area contributed by atoms with Crippen molar-refractivity contribution in [2.24, 2.45) is 0 Å². The first-order valence-corrected chi connectivity index (χ1v) is 11.2. The number of piperidine rings is 1. The Hall–Kier alpha value is -1.06. The second-order valence-electron chi connectivity index (χ2n) is 8.65. The third-order valence-corrected chi connectivity index (χ3v) is 6.97. The van der Waals surface area contributed by atoms with Gasteiger partial charge in [0.15, 0.2) is 0 Å². The second-order valence-corrected chi connectivity index (χ2v) is 8.65. The first-order valence-electron chi connectivity index (χ1n) is 11.2. The Bertz CT molecular complexity index is 516. The quantitative estimate of drug-likeness (QED) is 0.796. The molecule has 3 heteroatoms. The molecule has 2 saturated heterocycles. The van der Waals surface area contributed by atoms with Gasteiger partial charge in [0.1, 0.15) is 0 Å². The summed E-state index contributed by atoms with van der Waals surface area (Å²) in [6.45, 7) is 7.52. The molecule has 4 rings (SSSR count). The molecule has 2 heterocycles. The Morgan fingerprint density at radius 2 is 1.23 bits per heavy atom. The zero-order valence-corrected chi connectivity index (χ0v) is 16.5. The molecule has 1 aromatic carbocycles. The van der Waals surface area contributed by atoms with Crippen LogP contribution in [-0.4, -0.2) is 61.2 Å². The molecule has 3 aliphatic rings. The van der Waals surface area contributed by atoms with Crippen LogP contribution < -0.4 is 4.90 Å². The summed E-state index contributed by atoms with van der Waals surface area (Å²) >= 11 is 0. The molecular weight excluding hydrogens is 318 g/mol. The minimum Gasteiger partial charge on any atom is -0.369 e. The molecule has 26 heavy (non-hydrogen) atoms. The summed E-state index contributed by atoms with van der Waals surface area (Å²) in [4.78, 5) is 8.24. The van der Waals surface area contributed by atoms with Crippen LogP contribution in [0.15, 0.2) is 30.3 Å². The van der Waals surface area contributed by atoms with E-state index in [4.69, 9.17) is 0 Å². The molecule has 1 saturated carbocycles. The zero-order chi connectivity index (χ0) is 17.6. The van der Waals surface area contributed by atoms with E-state index < -0.39 is 0 Å². The molecule has 144 valence electrons. The molecule has 0 bridgehead atoms. The van der Waals surface area contributed by atoms with E-state index in [0.29, 0.717) is 0 Å². The van der Waals surface area contributed by atoms with Crippen LogP contribution in [0.2, 0.25) is 0 Å². The summed E-state index contributed by atoms with van der Waals surface area (Å²) in [5.41, 5.74) is 1.40. The van der Waals surface area contributed by atoms with E-state index in [1.165, 1.54) is 103 Å². The number of rotatable bonds is 3. The first-order chi connectivity index (χ1) is 12.9. The van der Waals surface area contributed by atoms with Crippen molar-refractivity contribution in [2.75, 3.05) is 44.2 Å². The molecule has 1 atom stereocenters. The van der Waals surface area contributed by atoms with Gasteiger partial charge in [0.25, 0.3) is 0 Å². The number of benzene rings is 1. The van der Waals surface area contributed by atoms with Crippen LogP contribution in [0.25, 0.3) is 0 Å². The standard InChI is InChI=1S/C23H37N3/c1-2-5-12-22(13-6-3-1)26-15-9-14-23(20-26)25-18-16-24(17-19-25)21-10-7-4-8-11-21/h4,7-8,10-11,22-23H,1-3,5-6,9,12-20H2. The van der Waals surface area contributed by atoms with Crippen molar-refractivity contribution in [3.63, 3.8) is 0 Å². The molecule has 3 fully saturated rings. The largest absolute Gasteiger partial charge is 0.369 e. The van der Waals surface area contributed by atoms with Gasteiger partial charge in [0.2, 0.25) is 0 Å². The van der Waals surface area contributed by atoms with Crippen molar-refractivity contribution in [3.8, 4) is 0 Å². The maximum atomic E-state index is 2.88. The average Bonchev–Trinajstić information content (AvgIpc) is 2.69. The topological polar surface area (TPSA) is 9.72 Å². The highest BCUT2D eigenvalue weighted by Gasteiger charge is 2.31. The zero-order valence-electron chi connectivity index (χ0n) is 16.5. The lowest BCUT2D eigenvalue weighted by Gasteiger charge is -2.46. The summed E-state index contributed by atoms with van der Waals surface area (Å²) in [7, 11) is 0. The van der Waals surface area contributed by atoms with Gasteiger partial charge in [-0.3, -0.25) is 9.80 Å². The summed E-state index contributed by atoms with van der Waals surface area (Å²) in [5.74, 6) is 0. The second kappa shape index (κ2) is 9.23. The molecule has 0 N–H and O–H groups in total. The summed E-state index contributed by atoms with van der Waals surface area (Å²) in [6, 6.07) is 12.6. The molecule has 0 aromatic heterocycles. The van der Waals surface area contributed by atoms with Crippen molar-refractivity contribution < 1.29 is 0 Å². The van der Waals surface area contributed by atoms with E-state index in [-0.39, 0.29) is 0 Å². The monoisotopic (exact) mass is 355 g/mol. The maximum absolute atomic E-state index is 2.88. The number of para-hydroxylation sites is 1. The lowest BCUT2D eigenvalue weighted by atomic mass is 9.93. The third kappa shape index (κ3) is 4.61. The minimum absolute atomic E-state index is 0.798. The minimum atomic E-state index is 0.798. The van der Waals surface area contributed by atoms with Gasteiger partial charge in [0, 0.05) is 50.5 Å². The fourth-order valence-electron chi connectivity index (χ4n) is 5.40. The molecule has 0 amide bonds. The van der Waals surface area contributed by atoms with Crippen LogP contribution in [0.3, 0.4) is 0 Å². The van der Waals surface area contributed by atoms with Gasteiger partial charge in [0.05, 0.1) is 0 Å². The first kappa shape index (κ1) is 18.3. The molecule has 0 spiro atoms. The van der Waals surface area contributed by atoms with Crippen LogP contribution in [0.5, 0.6) is 0 Å². The summed E-state index contributed by atoms with van der Waals surface area (Å²) in [6.07, 6.45) is 13.0. The Labute approximate surface area is 160 Å². The van der Waals surface area contributed by atoms with Crippen molar-refractivity contribution in [1.29, 1.82) is 0 Å². The highest BCUT2D eigenvalue weighted by Crippen LogP contribution is 2.26.